The Morgan fingerprint density at radius 2 is 1.67 bits per heavy atom. The summed E-state index contributed by atoms with van der Waals surface area (Å²) in [7, 11) is 0. The van der Waals surface area contributed by atoms with Gasteiger partial charge in [0.1, 0.15) is 0 Å². The number of fused-ring (bicyclic) bond motifs is 1. The molecule has 4 nitrogen and oxygen atoms in total. The van der Waals surface area contributed by atoms with Gasteiger partial charge in [0.05, 0.1) is 16.3 Å². The third-order valence-electron chi connectivity index (χ3n) is 1.94. The molecule has 2 rings (SSSR count). The zero-order valence-corrected chi connectivity index (χ0v) is 8.65. The average Bonchev–Trinajstić information content (AvgIpc) is 2.13. The number of Topliss-reactive ketones (excluding diaryl/α,β-unsaturated/α-hetero) is 2. The Morgan fingerprint density at radius 1 is 1.00 bits per heavy atom. The molecule has 6 heteroatoms. The van der Waals surface area contributed by atoms with E-state index in [-0.39, 0.29) is 21.3 Å². The maximum atomic E-state index is 11.4. The van der Waals surface area contributed by atoms with E-state index in [0.29, 0.717) is 0 Å². The molecule has 0 saturated carbocycles. The van der Waals surface area contributed by atoms with E-state index < -0.39 is 17.5 Å². The lowest BCUT2D eigenvalue weighted by Crippen LogP contribution is -2.35. The summed E-state index contributed by atoms with van der Waals surface area (Å²) in [6.45, 7) is 0. The van der Waals surface area contributed by atoms with Crippen LogP contribution in [0, 0.1) is 0 Å². The van der Waals surface area contributed by atoms with E-state index in [2.05, 4.69) is 5.32 Å². The van der Waals surface area contributed by atoms with Gasteiger partial charge in [-0.1, -0.05) is 23.2 Å². The molecule has 1 aliphatic heterocycles. The lowest BCUT2D eigenvalue weighted by molar-refractivity contribution is -0.132. The van der Waals surface area contributed by atoms with Gasteiger partial charge in [-0.2, -0.15) is 0 Å². The Balaban J connectivity index is 2.70. The number of hydrogen-bond acceptors (Lipinski definition) is 3. The zero-order chi connectivity index (χ0) is 11.2. The first-order valence-electron chi connectivity index (χ1n) is 3.90. The van der Waals surface area contributed by atoms with Crippen molar-refractivity contribution in [1.29, 1.82) is 0 Å². The minimum atomic E-state index is -1.12. The van der Waals surface area contributed by atoms with Gasteiger partial charge in [-0.25, -0.2) is 0 Å². The number of rotatable bonds is 0. The summed E-state index contributed by atoms with van der Waals surface area (Å²) < 4.78 is 0. The molecule has 0 saturated heterocycles. The summed E-state index contributed by atoms with van der Waals surface area (Å²) >= 11 is 11.4. The van der Waals surface area contributed by atoms with E-state index in [1.165, 1.54) is 12.1 Å². The Kier molecular flexibility index (Phi) is 2.25. The molecule has 0 unspecified atom stereocenters. The number of benzene rings is 1. The minimum Gasteiger partial charge on any atom is -0.318 e. The summed E-state index contributed by atoms with van der Waals surface area (Å²) in [6, 6.07) is 2.70. The number of hydrogen-bond donors (Lipinski definition) is 1. The second kappa shape index (κ2) is 3.32. The van der Waals surface area contributed by atoms with Gasteiger partial charge in [0.2, 0.25) is 5.78 Å². The fourth-order valence-electron chi connectivity index (χ4n) is 1.30. The fraction of sp³-hybridized carbons (Fsp3) is 0. The van der Waals surface area contributed by atoms with Crippen LogP contribution in [-0.4, -0.2) is 17.5 Å². The molecule has 1 aromatic carbocycles. The Morgan fingerprint density at radius 3 is 2.33 bits per heavy atom. The van der Waals surface area contributed by atoms with E-state index in [4.69, 9.17) is 23.2 Å². The predicted molar refractivity (Wildman–Crippen MR) is 54.4 cm³/mol. The number of nitrogens with one attached hydrogen (secondary N) is 1. The molecule has 1 aromatic rings. The molecular weight excluding hydrogens is 241 g/mol. The third-order valence-corrected chi connectivity index (χ3v) is 2.46. The maximum absolute atomic E-state index is 11.4. The van der Waals surface area contributed by atoms with E-state index in [1.807, 2.05) is 0 Å². The normalized spacial score (nSPS) is 14.9. The molecule has 0 radical (unpaired) electrons. The number of ketones is 2. The number of anilines is 1. The highest BCUT2D eigenvalue weighted by Crippen LogP contribution is 2.31. The summed E-state index contributed by atoms with van der Waals surface area (Å²) in [5.41, 5.74) is 0.160. The first-order valence-corrected chi connectivity index (χ1v) is 4.65. The van der Waals surface area contributed by atoms with Crippen LogP contribution in [0.2, 0.25) is 10.0 Å². The lowest BCUT2D eigenvalue weighted by atomic mass is 10.0. The second-order valence-corrected chi connectivity index (χ2v) is 3.77. The predicted octanol–water partition coefficient (Wildman–Crippen LogP) is 1.70. The van der Waals surface area contributed by atoms with Crippen LogP contribution in [0.25, 0.3) is 0 Å². The first kappa shape index (κ1) is 10.1. The molecule has 0 atom stereocenters. The molecule has 1 amide bonds. The molecule has 1 aliphatic rings. The van der Waals surface area contributed by atoms with Gasteiger partial charge in [-0.3, -0.25) is 14.4 Å². The highest BCUT2D eigenvalue weighted by molar-refractivity contribution is 6.71. The highest BCUT2D eigenvalue weighted by Gasteiger charge is 2.34. The lowest BCUT2D eigenvalue weighted by Gasteiger charge is -2.15. The van der Waals surface area contributed by atoms with Gasteiger partial charge in [0, 0.05) is 5.02 Å². The van der Waals surface area contributed by atoms with Crippen LogP contribution in [0.15, 0.2) is 12.1 Å². The van der Waals surface area contributed by atoms with Gasteiger partial charge < -0.3 is 5.32 Å². The molecule has 0 fully saturated rings. The van der Waals surface area contributed by atoms with Crippen LogP contribution in [-0.2, 0) is 9.59 Å². The molecular formula is C9H3Cl2NO3. The molecule has 76 valence electrons. The van der Waals surface area contributed by atoms with Gasteiger partial charge in [0.15, 0.2) is 0 Å². The van der Waals surface area contributed by atoms with Crippen molar-refractivity contribution < 1.29 is 14.4 Å². The monoisotopic (exact) mass is 243 g/mol. The van der Waals surface area contributed by atoms with Crippen LogP contribution >= 0.6 is 23.2 Å². The van der Waals surface area contributed by atoms with Crippen LogP contribution in [0.1, 0.15) is 10.4 Å². The van der Waals surface area contributed by atoms with Gasteiger partial charge in [-0.05, 0) is 12.1 Å². The van der Waals surface area contributed by atoms with E-state index >= 15 is 0 Å². The zero-order valence-electron chi connectivity index (χ0n) is 7.14. The highest BCUT2D eigenvalue weighted by atomic mass is 35.5. The first-order chi connectivity index (χ1) is 7.00. The molecule has 0 spiro atoms. The van der Waals surface area contributed by atoms with Crippen LogP contribution in [0.3, 0.4) is 0 Å². The van der Waals surface area contributed by atoms with Crippen molar-refractivity contribution in [2.45, 2.75) is 0 Å². The maximum Gasteiger partial charge on any atom is 0.300 e. The Bertz CT molecular complexity index is 510. The number of amides is 1. The Hall–Kier alpha value is -1.39. The second-order valence-electron chi connectivity index (χ2n) is 2.92. The topological polar surface area (TPSA) is 63.2 Å². The van der Waals surface area contributed by atoms with E-state index in [0.717, 1.165) is 0 Å². The third kappa shape index (κ3) is 1.52. The summed E-state index contributed by atoms with van der Waals surface area (Å²) in [4.78, 5) is 33.5. The average molecular weight is 244 g/mol. The molecule has 1 N–H and O–H groups in total. The van der Waals surface area contributed by atoms with Crippen LogP contribution < -0.4 is 5.32 Å². The number of halogens is 2. The standard InChI is InChI=1S/C9H3Cl2NO3/c10-3-1-4(11)6-5(2-3)12-9(15)8(14)7(6)13/h1-2H,(H,12,15). The molecule has 0 aromatic heterocycles. The van der Waals surface area contributed by atoms with Crippen LogP contribution in [0.5, 0.6) is 0 Å². The van der Waals surface area contributed by atoms with E-state index in [1.54, 1.807) is 0 Å². The van der Waals surface area contributed by atoms with Gasteiger partial charge >= 0.3 is 0 Å². The van der Waals surface area contributed by atoms with Crippen molar-refractivity contribution in [3.8, 4) is 0 Å². The van der Waals surface area contributed by atoms with Crippen molar-refractivity contribution in [2.75, 3.05) is 5.32 Å². The molecule has 0 bridgehead atoms. The van der Waals surface area contributed by atoms with Crippen molar-refractivity contribution in [2.24, 2.45) is 0 Å². The minimum absolute atomic E-state index is 0.00864. The van der Waals surface area contributed by atoms with E-state index in [9.17, 15) is 14.4 Å². The fourth-order valence-corrected chi connectivity index (χ4v) is 1.88. The smallest absolute Gasteiger partial charge is 0.300 e. The molecule has 0 aliphatic carbocycles. The van der Waals surface area contributed by atoms with Crippen molar-refractivity contribution in [1.82, 2.24) is 0 Å². The van der Waals surface area contributed by atoms with Gasteiger partial charge in [0.25, 0.3) is 11.7 Å². The summed E-state index contributed by atoms with van der Waals surface area (Å²) in [6.07, 6.45) is 0. The summed E-state index contributed by atoms with van der Waals surface area (Å²) in [5, 5.41) is 2.57. The van der Waals surface area contributed by atoms with Crippen LogP contribution in [0.4, 0.5) is 5.69 Å². The van der Waals surface area contributed by atoms with Crippen molar-refractivity contribution in [3.05, 3.63) is 27.7 Å². The largest absolute Gasteiger partial charge is 0.318 e. The van der Waals surface area contributed by atoms with Gasteiger partial charge in [-0.15, -0.1) is 0 Å². The number of carbonyl (C=O) groups is 3. The molecule has 1 heterocycles. The quantitative estimate of drug-likeness (QED) is 0.706. The SMILES string of the molecule is O=C1Nc2cc(Cl)cc(Cl)c2C(=O)C1=O. The van der Waals surface area contributed by atoms with Crippen molar-refractivity contribution in [3.63, 3.8) is 0 Å². The summed E-state index contributed by atoms with van der Waals surface area (Å²) in [5.74, 6) is -2.99. The van der Waals surface area contributed by atoms with Crippen molar-refractivity contribution >= 4 is 46.4 Å². The number of carbonyl (C=O) groups excluding carboxylic acids is 3. The Labute approximate surface area is 94.2 Å². The molecule has 15 heavy (non-hydrogen) atoms.